The van der Waals surface area contributed by atoms with Crippen LogP contribution in [0.3, 0.4) is 0 Å². The second kappa shape index (κ2) is 4.06. The number of aliphatic carboxylic acids is 1. The molecule has 3 N–H and O–H groups in total. The Labute approximate surface area is 89.1 Å². The topological polar surface area (TPSA) is 76.5 Å². The van der Waals surface area contributed by atoms with Crippen LogP contribution in [0.4, 0.5) is 0 Å². The number of hydrogen-bond acceptors (Lipinski definition) is 3. The summed E-state index contributed by atoms with van der Waals surface area (Å²) in [5, 5.41) is 8.87. The smallest absolute Gasteiger partial charge is 0.304 e. The van der Waals surface area contributed by atoms with Gasteiger partial charge in [-0.25, -0.2) is 0 Å². The lowest BCUT2D eigenvalue weighted by Crippen LogP contribution is -2.42. The van der Waals surface area contributed by atoms with Gasteiger partial charge in [0.05, 0.1) is 11.8 Å². The fourth-order valence-electron chi connectivity index (χ4n) is 1.53. The number of carboxylic acid groups (broad SMARTS) is 1. The van der Waals surface area contributed by atoms with Crippen molar-refractivity contribution in [1.29, 1.82) is 0 Å². The molecular weight excluding hydrogens is 194 g/mol. The second-order valence-corrected chi connectivity index (χ2v) is 4.19. The van der Waals surface area contributed by atoms with Crippen LogP contribution in [0, 0.1) is 6.92 Å². The van der Waals surface area contributed by atoms with Crippen LogP contribution in [0.15, 0.2) is 16.5 Å². The molecule has 0 spiro atoms. The van der Waals surface area contributed by atoms with Crippen LogP contribution in [0.2, 0.25) is 0 Å². The minimum Gasteiger partial charge on any atom is -0.481 e. The van der Waals surface area contributed by atoms with E-state index >= 15 is 0 Å². The molecule has 2 atom stereocenters. The van der Waals surface area contributed by atoms with Crippen LogP contribution in [-0.4, -0.2) is 17.1 Å². The summed E-state index contributed by atoms with van der Waals surface area (Å²) in [5.74, 6) is 0.531. The third-order valence-electron chi connectivity index (χ3n) is 2.83. The molecule has 1 aromatic rings. The lowest BCUT2D eigenvalue weighted by molar-refractivity contribution is -0.138. The molecule has 4 nitrogen and oxygen atoms in total. The summed E-state index contributed by atoms with van der Waals surface area (Å²) < 4.78 is 5.47. The van der Waals surface area contributed by atoms with Gasteiger partial charge >= 0.3 is 5.97 Å². The molecule has 0 aliphatic rings. The summed E-state index contributed by atoms with van der Waals surface area (Å²) in [5.41, 5.74) is 5.18. The number of carbonyl (C=O) groups is 1. The number of rotatable bonds is 4. The third-order valence-corrected chi connectivity index (χ3v) is 2.83. The van der Waals surface area contributed by atoms with Gasteiger partial charge in [0.2, 0.25) is 0 Å². The molecule has 0 aliphatic heterocycles. The molecule has 84 valence electrons. The molecule has 1 rings (SSSR count). The molecule has 2 unspecified atom stereocenters. The minimum absolute atomic E-state index is 0.0301. The SMILES string of the molecule is Cc1ccc(C(C)(CC(=O)O)C(C)N)o1. The van der Waals surface area contributed by atoms with E-state index in [1.54, 1.807) is 13.0 Å². The Kier molecular flexibility index (Phi) is 3.19. The van der Waals surface area contributed by atoms with E-state index in [9.17, 15) is 4.79 Å². The molecule has 1 aromatic heterocycles. The lowest BCUT2D eigenvalue weighted by Gasteiger charge is -2.29. The van der Waals surface area contributed by atoms with Gasteiger partial charge in [0.1, 0.15) is 11.5 Å². The molecule has 0 aromatic carbocycles. The zero-order valence-electron chi connectivity index (χ0n) is 9.28. The molecule has 0 aliphatic carbocycles. The number of furan rings is 1. The fraction of sp³-hybridized carbons (Fsp3) is 0.545. The van der Waals surface area contributed by atoms with Crippen molar-refractivity contribution in [3.05, 3.63) is 23.7 Å². The summed E-state index contributed by atoms with van der Waals surface area (Å²) >= 11 is 0. The van der Waals surface area contributed by atoms with Gasteiger partial charge in [0.25, 0.3) is 0 Å². The minimum atomic E-state index is -0.871. The summed E-state index contributed by atoms with van der Waals surface area (Å²) in [6.07, 6.45) is -0.0301. The summed E-state index contributed by atoms with van der Waals surface area (Å²) in [7, 11) is 0. The van der Waals surface area contributed by atoms with Gasteiger partial charge in [-0.1, -0.05) is 6.92 Å². The van der Waals surface area contributed by atoms with Crippen LogP contribution < -0.4 is 5.73 Å². The molecular formula is C11H17NO3. The predicted molar refractivity (Wildman–Crippen MR) is 56.7 cm³/mol. The average molecular weight is 211 g/mol. The van der Waals surface area contributed by atoms with Gasteiger partial charge in [-0.05, 0) is 26.0 Å². The number of carboxylic acids is 1. The highest BCUT2D eigenvalue weighted by atomic mass is 16.4. The molecule has 1 heterocycles. The Balaban J connectivity index is 3.06. The van der Waals surface area contributed by atoms with Gasteiger partial charge < -0.3 is 15.3 Å². The number of hydrogen-bond donors (Lipinski definition) is 2. The molecule has 0 saturated carbocycles. The van der Waals surface area contributed by atoms with Crippen LogP contribution in [0.25, 0.3) is 0 Å². The Bertz CT molecular complexity index is 356. The zero-order chi connectivity index (χ0) is 11.6. The van der Waals surface area contributed by atoms with Crippen molar-refractivity contribution >= 4 is 5.97 Å². The molecule has 0 fully saturated rings. The van der Waals surface area contributed by atoms with Crippen molar-refractivity contribution in [1.82, 2.24) is 0 Å². The highest BCUT2D eigenvalue weighted by molar-refractivity contribution is 5.69. The van der Waals surface area contributed by atoms with Crippen LogP contribution in [-0.2, 0) is 10.2 Å². The van der Waals surface area contributed by atoms with E-state index in [4.69, 9.17) is 15.3 Å². The van der Waals surface area contributed by atoms with E-state index in [1.807, 2.05) is 19.9 Å². The van der Waals surface area contributed by atoms with Crippen molar-refractivity contribution in [2.24, 2.45) is 5.73 Å². The molecule has 4 heteroatoms. The number of aryl methyl sites for hydroxylation is 1. The average Bonchev–Trinajstić information content (AvgIpc) is 2.50. The summed E-state index contributed by atoms with van der Waals surface area (Å²) in [6, 6.07) is 3.33. The van der Waals surface area contributed by atoms with Crippen molar-refractivity contribution < 1.29 is 14.3 Å². The molecule has 0 bridgehead atoms. The monoisotopic (exact) mass is 211 g/mol. The molecule has 0 saturated heterocycles. The maximum Gasteiger partial charge on any atom is 0.304 e. The van der Waals surface area contributed by atoms with Crippen LogP contribution in [0.5, 0.6) is 0 Å². The normalized spacial score (nSPS) is 17.1. The van der Waals surface area contributed by atoms with Crippen molar-refractivity contribution in [2.45, 2.75) is 38.6 Å². The lowest BCUT2D eigenvalue weighted by atomic mass is 9.78. The Morgan fingerprint density at radius 1 is 1.67 bits per heavy atom. The molecule has 15 heavy (non-hydrogen) atoms. The maximum atomic E-state index is 10.8. The van der Waals surface area contributed by atoms with E-state index in [0.29, 0.717) is 5.76 Å². The quantitative estimate of drug-likeness (QED) is 0.794. The standard InChI is InChI=1S/C11H17NO3/c1-7-4-5-9(15-7)11(3,8(2)12)6-10(13)14/h4-5,8H,6,12H2,1-3H3,(H,13,14). The maximum absolute atomic E-state index is 10.8. The summed E-state index contributed by atoms with van der Waals surface area (Å²) in [6.45, 7) is 5.43. The van der Waals surface area contributed by atoms with Gasteiger partial charge in [-0.15, -0.1) is 0 Å². The van der Waals surface area contributed by atoms with E-state index < -0.39 is 11.4 Å². The van der Waals surface area contributed by atoms with Gasteiger partial charge in [0, 0.05) is 6.04 Å². The van der Waals surface area contributed by atoms with Crippen LogP contribution >= 0.6 is 0 Å². The first-order valence-electron chi connectivity index (χ1n) is 4.90. The van der Waals surface area contributed by atoms with E-state index in [-0.39, 0.29) is 12.5 Å². The van der Waals surface area contributed by atoms with E-state index in [0.717, 1.165) is 5.76 Å². The predicted octanol–water partition coefficient (Wildman–Crippen LogP) is 1.67. The Morgan fingerprint density at radius 2 is 2.27 bits per heavy atom. The van der Waals surface area contributed by atoms with Crippen molar-refractivity contribution in [3.63, 3.8) is 0 Å². The van der Waals surface area contributed by atoms with Gasteiger partial charge in [-0.3, -0.25) is 4.79 Å². The highest BCUT2D eigenvalue weighted by Gasteiger charge is 2.36. The number of nitrogens with two attached hydrogens (primary N) is 1. The van der Waals surface area contributed by atoms with Gasteiger partial charge in [-0.2, -0.15) is 0 Å². The van der Waals surface area contributed by atoms with Crippen molar-refractivity contribution in [2.75, 3.05) is 0 Å². The fourth-order valence-corrected chi connectivity index (χ4v) is 1.53. The van der Waals surface area contributed by atoms with E-state index in [2.05, 4.69) is 0 Å². The first kappa shape index (κ1) is 11.8. The zero-order valence-corrected chi connectivity index (χ0v) is 9.28. The van der Waals surface area contributed by atoms with Crippen molar-refractivity contribution in [3.8, 4) is 0 Å². The first-order valence-corrected chi connectivity index (χ1v) is 4.90. The highest BCUT2D eigenvalue weighted by Crippen LogP contribution is 2.31. The second-order valence-electron chi connectivity index (χ2n) is 4.19. The van der Waals surface area contributed by atoms with E-state index in [1.165, 1.54) is 0 Å². The Hall–Kier alpha value is -1.29. The van der Waals surface area contributed by atoms with Crippen LogP contribution in [0.1, 0.15) is 31.8 Å². The molecule has 0 radical (unpaired) electrons. The largest absolute Gasteiger partial charge is 0.481 e. The third kappa shape index (κ3) is 2.39. The molecule has 0 amide bonds. The Morgan fingerprint density at radius 3 is 2.60 bits per heavy atom. The van der Waals surface area contributed by atoms with Gasteiger partial charge in [0.15, 0.2) is 0 Å². The summed E-state index contributed by atoms with van der Waals surface area (Å²) in [4.78, 5) is 10.8. The first-order chi connectivity index (χ1) is 6.86.